The highest BCUT2D eigenvalue weighted by atomic mass is 16.5. The SMILES string of the molecule is CNCCC1CCCCN1c1ncnc(OC)c1C. The van der Waals surface area contributed by atoms with Crippen molar-refractivity contribution in [1.82, 2.24) is 15.3 Å². The minimum Gasteiger partial charge on any atom is -0.481 e. The summed E-state index contributed by atoms with van der Waals surface area (Å²) in [7, 11) is 3.67. The zero-order chi connectivity index (χ0) is 13.7. The number of anilines is 1. The fraction of sp³-hybridized carbons (Fsp3) is 0.714. The van der Waals surface area contributed by atoms with E-state index < -0.39 is 0 Å². The molecule has 1 atom stereocenters. The molecule has 1 aromatic heterocycles. The van der Waals surface area contributed by atoms with E-state index in [1.54, 1.807) is 13.4 Å². The van der Waals surface area contributed by atoms with Crippen molar-refractivity contribution in [2.24, 2.45) is 0 Å². The molecule has 2 rings (SSSR count). The first-order valence-corrected chi connectivity index (χ1v) is 7.04. The molecule has 0 amide bonds. The number of methoxy groups -OCH3 is 1. The van der Waals surface area contributed by atoms with E-state index in [2.05, 4.69) is 20.2 Å². The lowest BCUT2D eigenvalue weighted by Gasteiger charge is -2.37. The maximum atomic E-state index is 5.30. The Balaban J connectivity index is 2.21. The van der Waals surface area contributed by atoms with Crippen molar-refractivity contribution in [3.8, 4) is 5.88 Å². The molecule has 0 saturated carbocycles. The standard InChI is InChI=1S/C14H24N4O/c1-11-13(16-10-17-14(11)19-3)18-9-5-4-6-12(18)7-8-15-2/h10,12,15H,4-9H2,1-3H3. The molecule has 5 nitrogen and oxygen atoms in total. The molecule has 0 aliphatic carbocycles. The molecule has 0 bridgehead atoms. The lowest BCUT2D eigenvalue weighted by molar-refractivity contribution is 0.390. The third-order valence-electron chi connectivity index (χ3n) is 3.83. The Bertz CT molecular complexity index is 410. The zero-order valence-electron chi connectivity index (χ0n) is 12.1. The molecule has 0 radical (unpaired) electrons. The van der Waals surface area contributed by atoms with Gasteiger partial charge in [0.25, 0.3) is 0 Å². The van der Waals surface area contributed by atoms with E-state index in [-0.39, 0.29) is 0 Å². The van der Waals surface area contributed by atoms with E-state index in [1.165, 1.54) is 19.3 Å². The van der Waals surface area contributed by atoms with Gasteiger partial charge in [0.2, 0.25) is 5.88 Å². The van der Waals surface area contributed by atoms with E-state index in [0.717, 1.165) is 30.9 Å². The summed E-state index contributed by atoms with van der Waals surface area (Å²) in [4.78, 5) is 11.1. The summed E-state index contributed by atoms with van der Waals surface area (Å²) < 4.78 is 5.30. The Kier molecular flexibility index (Phi) is 4.96. The summed E-state index contributed by atoms with van der Waals surface area (Å²) in [5.74, 6) is 1.72. The van der Waals surface area contributed by atoms with Crippen LogP contribution in [0.3, 0.4) is 0 Å². The molecule has 5 heteroatoms. The van der Waals surface area contributed by atoms with Gasteiger partial charge in [-0.1, -0.05) is 0 Å². The molecule has 1 unspecified atom stereocenters. The third-order valence-corrected chi connectivity index (χ3v) is 3.83. The van der Waals surface area contributed by atoms with E-state index in [1.807, 2.05) is 14.0 Å². The minimum atomic E-state index is 0.569. The highest BCUT2D eigenvalue weighted by Gasteiger charge is 2.25. The predicted molar refractivity (Wildman–Crippen MR) is 76.8 cm³/mol. The second-order valence-corrected chi connectivity index (χ2v) is 5.07. The molecule has 0 spiro atoms. The van der Waals surface area contributed by atoms with Gasteiger partial charge in [-0.25, -0.2) is 9.97 Å². The number of aromatic nitrogens is 2. The number of rotatable bonds is 5. The van der Waals surface area contributed by atoms with Gasteiger partial charge in [0.15, 0.2) is 0 Å². The number of piperidine rings is 1. The van der Waals surface area contributed by atoms with Gasteiger partial charge in [-0.05, 0) is 46.2 Å². The molecule has 1 aliphatic heterocycles. The Morgan fingerprint density at radius 2 is 2.26 bits per heavy atom. The first-order chi connectivity index (χ1) is 9.27. The average molecular weight is 264 g/mol. The van der Waals surface area contributed by atoms with Crippen LogP contribution in [0.25, 0.3) is 0 Å². The zero-order valence-corrected chi connectivity index (χ0v) is 12.1. The van der Waals surface area contributed by atoms with Gasteiger partial charge < -0.3 is 15.0 Å². The van der Waals surface area contributed by atoms with E-state index in [4.69, 9.17) is 4.74 Å². The predicted octanol–water partition coefficient (Wildman–Crippen LogP) is 1.76. The number of nitrogens with zero attached hydrogens (tertiary/aromatic N) is 3. The van der Waals surface area contributed by atoms with Crippen LogP contribution in [0.2, 0.25) is 0 Å². The van der Waals surface area contributed by atoms with Crippen LogP contribution in [0.5, 0.6) is 5.88 Å². The lowest BCUT2D eigenvalue weighted by atomic mass is 9.99. The molecule has 1 saturated heterocycles. The summed E-state index contributed by atoms with van der Waals surface area (Å²) in [5, 5.41) is 3.24. The van der Waals surface area contributed by atoms with Crippen LogP contribution in [-0.2, 0) is 0 Å². The minimum absolute atomic E-state index is 0.569. The van der Waals surface area contributed by atoms with Crippen LogP contribution in [0.4, 0.5) is 5.82 Å². The molecule has 1 fully saturated rings. The molecule has 106 valence electrons. The Morgan fingerprint density at radius 3 is 3.00 bits per heavy atom. The molecule has 1 aromatic rings. The van der Waals surface area contributed by atoms with Crippen LogP contribution in [-0.4, -0.2) is 43.3 Å². The summed E-state index contributed by atoms with van der Waals surface area (Å²) in [5.41, 5.74) is 1.04. The summed E-state index contributed by atoms with van der Waals surface area (Å²) in [6.45, 7) is 4.16. The van der Waals surface area contributed by atoms with Crippen LogP contribution in [0.1, 0.15) is 31.2 Å². The summed E-state index contributed by atoms with van der Waals surface area (Å²) in [6.07, 6.45) is 6.55. The number of ether oxygens (including phenoxy) is 1. The van der Waals surface area contributed by atoms with Gasteiger partial charge >= 0.3 is 0 Å². The molecule has 0 aromatic carbocycles. The monoisotopic (exact) mass is 264 g/mol. The molecular weight excluding hydrogens is 240 g/mol. The fourth-order valence-electron chi connectivity index (χ4n) is 2.81. The number of nitrogens with one attached hydrogen (secondary N) is 1. The highest BCUT2D eigenvalue weighted by Crippen LogP contribution is 2.30. The van der Waals surface area contributed by atoms with Crippen LogP contribution in [0.15, 0.2) is 6.33 Å². The van der Waals surface area contributed by atoms with Crippen LogP contribution >= 0.6 is 0 Å². The fourth-order valence-corrected chi connectivity index (χ4v) is 2.81. The number of hydrogen-bond donors (Lipinski definition) is 1. The van der Waals surface area contributed by atoms with Crippen molar-refractivity contribution in [2.45, 2.75) is 38.6 Å². The maximum Gasteiger partial charge on any atom is 0.221 e. The number of hydrogen-bond acceptors (Lipinski definition) is 5. The summed E-state index contributed by atoms with van der Waals surface area (Å²) >= 11 is 0. The first-order valence-electron chi connectivity index (χ1n) is 7.04. The normalized spacial score (nSPS) is 19.5. The second-order valence-electron chi connectivity index (χ2n) is 5.07. The van der Waals surface area contributed by atoms with E-state index >= 15 is 0 Å². The van der Waals surface area contributed by atoms with Crippen LogP contribution < -0.4 is 15.0 Å². The second kappa shape index (κ2) is 6.70. The lowest BCUT2D eigenvalue weighted by Crippen LogP contribution is -2.42. The molecule has 1 aliphatic rings. The topological polar surface area (TPSA) is 50.3 Å². The van der Waals surface area contributed by atoms with Gasteiger partial charge in [0, 0.05) is 12.6 Å². The smallest absolute Gasteiger partial charge is 0.221 e. The Morgan fingerprint density at radius 1 is 1.42 bits per heavy atom. The average Bonchev–Trinajstić information content (AvgIpc) is 2.46. The largest absolute Gasteiger partial charge is 0.481 e. The maximum absolute atomic E-state index is 5.30. The molecular formula is C14H24N4O. The van der Waals surface area contributed by atoms with Crippen molar-refractivity contribution >= 4 is 5.82 Å². The Labute approximate surface area is 115 Å². The van der Waals surface area contributed by atoms with Crippen molar-refractivity contribution in [3.05, 3.63) is 11.9 Å². The first kappa shape index (κ1) is 14.1. The summed E-state index contributed by atoms with van der Waals surface area (Å²) in [6, 6.07) is 0.569. The van der Waals surface area contributed by atoms with Gasteiger partial charge in [-0.3, -0.25) is 0 Å². The van der Waals surface area contributed by atoms with Crippen molar-refractivity contribution in [2.75, 3.05) is 32.1 Å². The van der Waals surface area contributed by atoms with Crippen molar-refractivity contribution in [1.29, 1.82) is 0 Å². The van der Waals surface area contributed by atoms with Crippen LogP contribution in [0, 0.1) is 6.92 Å². The van der Waals surface area contributed by atoms with E-state index in [0.29, 0.717) is 11.9 Å². The van der Waals surface area contributed by atoms with Gasteiger partial charge in [-0.2, -0.15) is 0 Å². The van der Waals surface area contributed by atoms with Gasteiger partial charge in [0.05, 0.1) is 12.7 Å². The highest BCUT2D eigenvalue weighted by molar-refractivity contribution is 5.51. The molecule has 19 heavy (non-hydrogen) atoms. The van der Waals surface area contributed by atoms with Gasteiger partial charge in [0.1, 0.15) is 12.1 Å². The molecule has 1 N–H and O–H groups in total. The van der Waals surface area contributed by atoms with Crippen molar-refractivity contribution in [3.63, 3.8) is 0 Å². The quantitative estimate of drug-likeness (QED) is 0.878. The molecule has 2 heterocycles. The van der Waals surface area contributed by atoms with Gasteiger partial charge in [-0.15, -0.1) is 0 Å². The van der Waals surface area contributed by atoms with E-state index in [9.17, 15) is 0 Å². The van der Waals surface area contributed by atoms with Crippen molar-refractivity contribution < 1.29 is 4.74 Å². The third kappa shape index (κ3) is 3.15. The Hall–Kier alpha value is -1.36.